The molecule has 0 aliphatic carbocycles. The van der Waals surface area contributed by atoms with Crippen LogP contribution in [0.15, 0.2) is 23.1 Å². The van der Waals surface area contributed by atoms with E-state index in [0.717, 1.165) is 25.5 Å². The van der Waals surface area contributed by atoms with Crippen LogP contribution in [-0.4, -0.2) is 57.5 Å². The van der Waals surface area contributed by atoms with Gasteiger partial charge >= 0.3 is 0 Å². The second kappa shape index (κ2) is 7.77. The highest BCUT2D eigenvalue weighted by Crippen LogP contribution is 2.24. The summed E-state index contributed by atoms with van der Waals surface area (Å²) >= 11 is 0. The minimum absolute atomic E-state index is 0.136. The van der Waals surface area contributed by atoms with Crippen molar-refractivity contribution >= 4 is 21.6 Å². The molecule has 2 saturated heterocycles. The van der Waals surface area contributed by atoms with E-state index in [1.165, 1.54) is 16.4 Å². The zero-order chi connectivity index (χ0) is 17.9. The largest absolute Gasteiger partial charge is 0.379 e. The number of amides is 1. The number of carbonyl (C=O) groups excluding carboxylic acids is 1. The van der Waals surface area contributed by atoms with Crippen LogP contribution in [0, 0.1) is 5.82 Å². The maximum Gasteiger partial charge on any atom is 0.246 e. The maximum atomic E-state index is 14.1. The first kappa shape index (κ1) is 18.2. The predicted molar refractivity (Wildman–Crippen MR) is 90.2 cm³/mol. The van der Waals surface area contributed by atoms with Crippen molar-refractivity contribution in [3.05, 3.63) is 24.0 Å². The molecular formula is C16H22FN3O4S. The first-order valence-electron chi connectivity index (χ1n) is 8.37. The van der Waals surface area contributed by atoms with Crippen molar-refractivity contribution < 1.29 is 22.3 Å². The SMILES string of the molecule is O=C(CC1CCCN1)Nc1ccc(F)c(S(=O)(=O)N2CCOCC2)c1. The summed E-state index contributed by atoms with van der Waals surface area (Å²) in [5.74, 6) is -1.05. The Bertz CT molecular complexity index is 729. The summed E-state index contributed by atoms with van der Waals surface area (Å²) in [5, 5.41) is 5.88. The molecule has 0 radical (unpaired) electrons. The molecule has 2 heterocycles. The molecule has 1 atom stereocenters. The van der Waals surface area contributed by atoms with E-state index in [1.54, 1.807) is 0 Å². The number of nitrogens with zero attached hydrogens (tertiary/aromatic N) is 1. The van der Waals surface area contributed by atoms with Gasteiger partial charge in [-0.05, 0) is 37.6 Å². The molecular weight excluding hydrogens is 349 g/mol. The quantitative estimate of drug-likeness (QED) is 0.804. The van der Waals surface area contributed by atoms with Gasteiger partial charge in [-0.25, -0.2) is 12.8 Å². The van der Waals surface area contributed by atoms with E-state index >= 15 is 0 Å². The Hall–Kier alpha value is -1.55. The lowest BCUT2D eigenvalue weighted by atomic mass is 10.1. The molecule has 0 saturated carbocycles. The zero-order valence-corrected chi connectivity index (χ0v) is 14.6. The molecule has 1 unspecified atom stereocenters. The molecule has 25 heavy (non-hydrogen) atoms. The number of nitrogens with one attached hydrogen (secondary N) is 2. The van der Waals surface area contributed by atoms with Crippen LogP contribution in [0.4, 0.5) is 10.1 Å². The summed E-state index contributed by atoms with van der Waals surface area (Å²) in [7, 11) is -3.96. The van der Waals surface area contributed by atoms with Crippen molar-refractivity contribution in [3.8, 4) is 0 Å². The lowest BCUT2D eigenvalue weighted by Gasteiger charge is -2.26. The molecule has 1 aromatic carbocycles. The number of hydrogen-bond donors (Lipinski definition) is 2. The van der Waals surface area contributed by atoms with Gasteiger partial charge in [0.15, 0.2) is 0 Å². The van der Waals surface area contributed by atoms with Crippen LogP contribution in [0.1, 0.15) is 19.3 Å². The molecule has 7 nitrogen and oxygen atoms in total. The summed E-state index contributed by atoms with van der Waals surface area (Å²) in [4.78, 5) is 11.7. The van der Waals surface area contributed by atoms with E-state index in [0.29, 0.717) is 6.42 Å². The van der Waals surface area contributed by atoms with Crippen molar-refractivity contribution in [2.75, 3.05) is 38.2 Å². The molecule has 2 aliphatic heterocycles. The van der Waals surface area contributed by atoms with Crippen LogP contribution in [0.5, 0.6) is 0 Å². The smallest absolute Gasteiger partial charge is 0.246 e. The van der Waals surface area contributed by atoms with Crippen LogP contribution in [-0.2, 0) is 19.6 Å². The molecule has 1 aromatic rings. The van der Waals surface area contributed by atoms with Crippen LogP contribution < -0.4 is 10.6 Å². The zero-order valence-electron chi connectivity index (χ0n) is 13.8. The summed E-state index contributed by atoms with van der Waals surface area (Å²) in [5.41, 5.74) is 0.274. The summed E-state index contributed by atoms with van der Waals surface area (Å²) in [6, 6.07) is 3.75. The van der Waals surface area contributed by atoms with Gasteiger partial charge in [-0.15, -0.1) is 0 Å². The summed E-state index contributed by atoms with van der Waals surface area (Å²) in [6.45, 7) is 1.84. The minimum atomic E-state index is -3.96. The molecule has 0 spiro atoms. The van der Waals surface area contributed by atoms with Crippen molar-refractivity contribution in [1.82, 2.24) is 9.62 Å². The van der Waals surface area contributed by atoms with Gasteiger partial charge in [0.2, 0.25) is 15.9 Å². The predicted octanol–water partition coefficient (Wildman–Crippen LogP) is 0.927. The number of anilines is 1. The lowest BCUT2D eigenvalue weighted by molar-refractivity contribution is -0.116. The maximum absolute atomic E-state index is 14.1. The van der Waals surface area contributed by atoms with Crippen molar-refractivity contribution in [3.63, 3.8) is 0 Å². The Morgan fingerprint density at radius 1 is 1.36 bits per heavy atom. The molecule has 0 aromatic heterocycles. The van der Waals surface area contributed by atoms with E-state index in [4.69, 9.17) is 4.74 Å². The standard InChI is InChI=1S/C16H22FN3O4S/c17-14-4-3-13(19-16(21)11-12-2-1-5-18-12)10-15(14)25(22,23)20-6-8-24-9-7-20/h3-4,10,12,18H,1-2,5-9,11H2,(H,19,21). The third kappa shape index (κ3) is 4.35. The summed E-state index contributed by atoms with van der Waals surface area (Å²) in [6.07, 6.45) is 2.28. The highest BCUT2D eigenvalue weighted by molar-refractivity contribution is 7.89. The molecule has 1 amide bonds. The molecule has 138 valence electrons. The Labute approximate surface area is 146 Å². The van der Waals surface area contributed by atoms with Gasteiger partial charge < -0.3 is 15.4 Å². The second-order valence-electron chi connectivity index (χ2n) is 6.21. The van der Waals surface area contributed by atoms with E-state index in [2.05, 4.69) is 10.6 Å². The Balaban J connectivity index is 1.74. The third-order valence-electron chi connectivity index (χ3n) is 4.40. The van der Waals surface area contributed by atoms with E-state index in [9.17, 15) is 17.6 Å². The highest BCUT2D eigenvalue weighted by Gasteiger charge is 2.29. The van der Waals surface area contributed by atoms with Gasteiger partial charge in [0, 0.05) is 31.2 Å². The number of hydrogen-bond acceptors (Lipinski definition) is 5. The highest BCUT2D eigenvalue weighted by atomic mass is 32.2. The summed E-state index contributed by atoms with van der Waals surface area (Å²) < 4.78 is 45.7. The van der Waals surface area contributed by atoms with Crippen LogP contribution >= 0.6 is 0 Å². The molecule has 9 heteroatoms. The molecule has 0 bridgehead atoms. The van der Waals surface area contributed by atoms with E-state index < -0.39 is 20.7 Å². The van der Waals surface area contributed by atoms with Crippen molar-refractivity contribution in [2.45, 2.75) is 30.2 Å². The van der Waals surface area contributed by atoms with Crippen molar-refractivity contribution in [2.24, 2.45) is 0 Å². The molecule has 2 fully saturated rings. The fourth-order valence-corrected chi connectivity index (χ4v) is 4.57. The fraction of sp³-hybridized carbons (Fsp3) is 0.562. The van der Waals surface area contributed by atoms with Gasteiger partial charge in [-0.3, -0.25) is 4.79 Å². The molecule has 3 rings (SSSR count). The number of carbonyl (C=O) groups is 1. The first-order valence-corrected chi connectivity index (χ1v) is 9.81. The lowest BCUT2D eigenvalue weighted by Crippen LogP contribution is -2.40. The van der Waals surface area contributed by atoms with E-state index in [1.807, 2.05) is 0 Å². The number of rotatable bonds is 5. The second-order valence-corrected chi connectivity index (χ2v) is 8.11. The number of morpholine rings is 1. The van der Waals surface area contributed by atoms with Gasteiger partial charge in [-0.2, -0.15) is 4.31 Å². The molecule has 2 aliphatic rings. The number of sulfonamides is 1. The number of benzene rings is 1. The number of ether oxygens (including phenoxy) is 1. The van der Waals surface area contributed by atoms with Gasteiger partial charge in [0.05, 0.1) is 13.2 Å². The van der Waals surface area contributed by atoms with Crippen LogP contribution in [0.3, 0.4) is 0 Å². The third-order valence-corrected chi connectivity index (χ3v) is 6.31. The molecule has 2 N–H and O–H groups in total. The van der Waals surface area contributed by atoms with E-state index in [-0.39, 0.29) is 43.9 Å². The fourth-order valence-electron chi connectivity index (χ4n) is 3.07. The number of halogens is 1. The topological polar surface area (TPSA) is 87.7 Å². The van der Waals surface area contributed by atoms with Gasteiger partial charge in [0.25, 0.3) is 0 Å². The first-order chi connectivity index (χ1) is 12.0. The van der Waals surface area contributed by atoms with Crippen LogP contribution in [0.25, 0.3) is 0 Å². The average Bonchev–Trinajstić information content (AvgIpc) is 3.10. The van der Waals surface area contributed by atoms with Crippen LogP contribution in [0.2, 0.25) is 0 Å². The monoisotopic (exact) mass is 371 g/mol. The van der Waals surface area contributed by atoms with Gasteiger partial charge in [0.1, 0.15) is 10.7 Å². The Morgan fingerprint density at radius 3 is 2.80 bits per heavy atom. The average molecular weight is 371 g/mol. The van der Waals surface area contributed by atoms with Crippen molar-refractivity contribution in [1.29, 1.82) is 0 Å². The Kier molecular flexibility index (Phi) is 5.67. The van der Waals surface area contributed by atoms with Gasteiger partial charge in [-0.1, -0.05) is 0 Å². The minimum Gasteiger partial charge on any atom is -0.379 e. The normalized spacial score (nSPS) is 22.0. The Morgan fingerprint density at radius 2 is 2.12 bits per heavy atom.